The number of hydrogen-bond donors (Lipinski definition) is 0. The first-order chi connectivity index (χ1) is 15.2. The molecule has 0 saturated carbocycles. The molecule has 0 spiro atoms. The van der Waals surface area contributed by atoms with Gasteiger partial charge >= 0.3 is 0 Å². The zero-order chi connectivity index (χ0) is 22.3. The first-order valence-electron chi connectivity index (χ1n) is 11.2. The minimum Gasteiger partial charge on any atom is -0.337 e. The summed E-state index contributed by atoms with van der Waals surface area (Å²) in [7, 11) is 0. The molecule has 2 aromatic carbocycles. The standard InChI is InChI=1S/C15H14BClS.C11H20N2/c1-3-16(12-8-4-6-10-14(12)17)13-9-5-7-11-15(13)18-2;1-2-3-4-5-6-7-9-13-10-8-12-11-13/h3-11H,1H2,2H3;8,10-11H,2-7,9H2,1H3. The number of unbranched alkanes of at least 4 members (excludes halogenated alkanes) is 5. The van der Waals surface area contributed by atoms with Gasteiger partial charge in [-0.25, -0.2) is 4.98 Å². The molecule has 5 heteroatoms. The lowest BCUT2D eigenvalue weighted by Crippen LogP contribution is -2.42. The third kappa shape index (κ3) is 8.63. The van der Waals surface area contributed by atoms with Crippen LogP contribution in [0.25, 0.3) is 0 Å². The number of imidazole rings is 1. The number of halogens is 1. The van der Waals surface area contributed by atoms with E-state index < -0.39 is 0 Å². The Bertz CT molecular complexity index is 883. The van der Waals surface area contributed by atoms with Gasteiger partial charge in [0.05, 0.1) is 6.33 Å². The minimum atomic E-state index is 0.141. The second-order valence-electron chi connectivity index (χ2n) is 7.55. The van der Waals surface area contributed by atoms with Crippen molar-refractivity contribution in [2.45, 2.75) is 56.9 Å². The van der Waals surface area contributed by atoms with Crippen molar-refractivity contribution in [3.8, 4) is 0 Å². The molecule has 2 nitrogen and oxygen atoms in total. The van der Waals surface area contributed by atoms with Gasteiger partial charge in [-0.3, -0.25) is 0 Å². The molecule has 0 fully saturated rings. The predicted octanol–water partition coefficient (Wildman–Crippen LogP) is 6.64. The van der Waals surface area contributed by atoms with Crippen LogP contribution in [0.2, 0.25) is 5.02 Å². The van der Waals surface area contributed by atoms with Crippen molar-refractivity contribution in [3.05, 3.63) is 84.8 Å². The van der Waals surface area contributed by atoms with Crippen LogP contribution < -0.4 is 10.9 Å². The van der Waals surface area contributed by atoms with Gasteiger partial charge < -0.3 is 4.57 Å². The second-order valence-corrected chi connectivity index (χ2v) is 8.80. The highest BCUT2D eigenvalue weighted by atomic mass is 35.5. The molecule has 0 radical (unpaired) electrons. The SMILES string of the molecule is C=CB(c1ccccc1Cl)c1ccccc1SC.CCCCCCCCn1ccnc1. The van der Waals surface area contributed by atoms with Gasteiger partial charge in [-0.2, -0.15) is 0 Å². The van der Waals surface area contributed by atoms with Crippen LogP contribution in [0.3, 0.4) is 0 Å². The number of rotatable bonds is 11. The normalized spacial score (nSPS) is 10.3. The summed E-state index contributed by atoms with van der Waals surface area (Å²) in [5.74, 6) is 1.95. The van der Waals surface area contributed by atoms with E-state index in [1.165, 1.54) is 48.9 Å². The molecule has 0 atom stereocenters. The van der Waals surface area contributed by atoms with Crippen LogP contribution in [0.5, 0.6) is 0 Å². The van der Waals surface area contributed by atoms with Crippen molar-refractivity contribution in [2.75, 3.05) is 6.26 Å². The molecule has 0 unspecified atom stereocenters. The van der Waals surface area contributed by atoms with E-state index >= 15 is 0 Å². The average Bonchev–Trinajstić information content (AvgIpc) is 3.32. The van der Waals surface area contributed by atoms with Crippen molar-refractivity contribution in [2.24, 2.45) is 0 Å². The van der Waals surface area contributed by atoms with Gasteiger partial charge in [0.15, 0.2) is 0 Å². The number of thioether (sulfide) groups is 1. The molecule has 1 aromatic heterocycles. The van der Waals surface area contributed by atoms with Crippen LogP contribution in [0, 0.1) is 0 Å². The van der Waals surface area contributed by atoms with Gasteiger partial charge in [-0.1, -0.05) is 98.0 Å². The Morgan fingerprint density at radius 2 is 1.68 bits per heavy atom. The van der Waals surface area contributed by atoms with Crippen LogP contribution in [0.1, 0.15) is 45.4 Å². The largest absolute Gasteiger partial charge is 0.337 e. The van der Waals surface area contributed by atoms with E-state index in [1.54, 1.807) is 11.8 Å². The molecule has 31 heavy (non-hydrogen) atoms. The molecule has 164 valence electrons. The number of benzene rings is 2. The molecule has 1 heterocycles. The topological polar surface area (TPSA) is 17.8 Å². The van der Waals surface area contributed by atoms with Gasteiger partial charge in [0.25, 0.3) is 0 Å². The summed E-state index contributed by atoms with van der Waals surface area (Å²) in [6, 6.07) is 16.3. The molecule has 0 aliphatic heterocycles. The molecular formula is C26H34BClN2S. The van der Waals surface area contributed by atoms with E-state index in [9.17, 15) is 0 Å². The van der Waals surface area contributed by atoms with E-state index in [4.69, 9.17) is 11.6 Å². The fourth-order valence-corrected chi connectivity index (χ4v) is 4.46. The van der Waals surface area contributed by atoms with E-state index in [1.807, 2.05) is 42.9 Å². The first-order valence-corrected chi connectivity index (χ1v) is 12.8. The van der Waals surface area contributed by atoms with Gasteiger partial charge in [0.1, 0.15) is 0 Å². The summed E-state index contributed by atoms with van der Waals surface area (Å²) in [5, 5.41) is 0.790. The molecule has 0 aliphatic rings. The van der Waals surface area contributed by atoms with Gasteiger partial charge in [0, 0.05) is 28.9 Å². The summed E-state index contributed by atoms with van der Waals surface area (Å²) in [6.45, 7) is 7.49. The van der Waals surface area contributed by atoms with Crippen LogP contribution in [-0.4, -0.2) is 22.5 Å². The number of aryl methyl sites for hydroxylation is 1. The Balaban J connectivity index is 0.000000233. The van der Waals surface area contributed by atoms with E-state index in [-0.39, 0.29) is 6.71 Å². The maximum Gasteiger partial charge on any atom is 0.236 e. The maximum absolute atomic E-state index is 6.29. The summed E-state index contributed by atoms with van der Waals surface area (Å²) in [4.78, 5) is 5.28. The van der Waals surface area contributed by atoms with Crippen molar-refractivity contribution < 1.29 is 0 Å². The molecule has 0 amide bonds. The highest BCUT2D eigenvalue weighted by molar-refractivity contribution is 7.98. The Morgan fingerprint density at radius 1 is 1.00 bits per heavy atom. The van der Waals surface area contributed by atoms with Crippen LogP contribution >= 0.6 is 23.4 Å². The highest BCUT2D eigenvalue weighted by Gasteiger charge is 2.20. The Kier molecular flexibility index (Phi) is 12.3. The summed E-state index contributed by atoms with van der Waals surface area (Å²) in [5.41, 5.74) is 2.36. The third-order valence-electron chi connectivity index (χ3n) is 5.28. The molecule has 0 saturated heterocycles. The first kappa shape index (κ1) is 25.4. The monoisotopic (exact) mass is 452 g/mol. The van der Waals surface area contributed by atoms with Gasteiger partial charge in [0.2, 0.25) is 6.71 Å². The molecule has 0 N–H and O–H groups in total. The zero-order valence-corrected chi connectivity index (χ0v) is 20.4. The van der Waals surface area contributed by atoms with E-state index in [0.29, 0.717) is 0 Å². The minimum absolute atomic E-state index is 0.141. The molecule has 0 bridgehead atoms. The molecule has 3 rings (SSSR count). The lowest BCUT2D eigenvalue weighted by Gasteiger charge is -2.15. The lowest BCUT2D eigenvalue weighted by atomic mass is 9.41. The van der Waals surface area contributed by atoms with Crippen LogP contribution in [-0.2, 0) is 6.54 Å². The Morgan fingerprint density at radius 3 is 2.32 bits per heavy atom. The van der Waals surface area contributed by atoms with Crippen molar-refractivity contribution in [3.63, 3.8) is 0 Å². The van der Waals surface area contributed by atoms with E-state index in [0.717, 1.165) is 17.0 Å². The molecule has 0 aliphatic carbocycles. The zero-order valence-electron chi connectivity index (χ0n) is 18.8. The quantitative estimate of drug-likeness (QED) is 0.184. The second kappa shape index (κ2) is 15.0. The van der Waals surface area contributed by atoms with Crippen LogP contribution in [0.4, 0.5) is 0 Å². The van der Waals surface area contributed by atoms with Crippen LogP contribution in [0.15, 0.2) is 84.7 Å². The van der Waals surface area contributed by atoms with Crippen molar-refractivity contribution >= 4 is 41.0 Å². The highest BCUT2D eigenvalue weighted by Crippen LogP contribution is 2.14. The summed E-state index contributed by atoms with van der Waals surface area (Å²) < 4.78 is 2.15. The van der Waals surface area contributed by atoms with Crippen molar-refractivity contribution in [1.82, 2.24) is 9.55 Å². The Labute approximate surface area is 198 Å². The number of nitrogens with zero attached hydrogens (tertiary/aromatic N) is 2. The number of hydrogen-bond acceptors (Lipinski definition) is 2. The fraction of sp³-hybridized carbons (Fsp3) is 0.346. The fourth-order valence-electron chi connectivity index (χ4n) is 3.57. The summed E-state index contributed by atoms with van der Waals surface area (Å²) >= 11 is 8.04. The summed E-state index contributed by atoms with van der Waals surface area (Å²) in [6.07, 6.45) is 16.0. The molecular weight excluding hydrogens is 419 g/mol. The third-order valence-corrected chi connectivity index (χ3v) is 6.43. The van der Waals surface area contributed by atoms with Crippen molar-refractivity contribution in [1.29, 1.82) is 0 Å². The molecule has 3 aromatic rings. The lowest BCUT2D eigenvalue weighted by molar-refractivity contribution is 0.558. The van der Waals surface area contributed by atoms with Gasteiger partial charge in [-0.15, -0.1) is 24.3 Å². The average molecular weight is 453 g/mol. The van der Waals surface area contributed by atoms with Gasteiger partial charge in [-0.05, 0) is 24.8 Å². The van der Waals surface area contributed by atoms with E-state index in [2.05, 4.69) is 59.6 Å². The smallest absolute Gasteiger partial charge is 0.236 e. The Hall–Kier alpha value is -1.91. The predicted molar refractivity (Wildman–Crippen MR) is 140 cm³/mol. The maximum atomic E-state index is 6.29. The number of aromatic nitrogens is 2.